The van der Waals surface area contributed by atoms with E-state index in [2.05, 4.69) is 14.1 Å². The molecule has 9 heteroatoms. The van der Waals surface area contributed by atoms with Crippen molar-refractivity contribution in [2.75, 3.05) is 5.32 Å². The number of nitrogens with one attached hydrogen (secondary N) is 1. The van der Waals surface area contributed by atoms with Gasteiger partial charge in [0, 0.05) is 6.07 Å². The van der Waals surface area contributed by atoms with Crippen LogP contribution in [0.2, 0.25) is 0 Å². The first-order chi connectivity index (χ1) is 12.6. The van der Waals surface area contributed by atoms with Crippen molar-refractivity contribution in [2.45, 2.75) is 0 Å². The third kappa shape index (κ3) is 2.80. The van der Waals surface area contributed by atoms with Crippen LogP contribution in [-0.4, -0.2) is 19.6 Å². The molecule has 2 heterocycles. The molecule has 4 aromatic rings. The minimum Gasteiger partial charge on any atom is -0.451 e. The molecule has 0 aliphatic carbocycles. The maximum Gasteiger partial charge on any atom is 0.291 e. The number of rotatable bonds is 4. The maximum absolute atomic E-state index is 12.5. The summed E-state index contributed by atoms with van der Waals surface area (Å²) < 4.78 is 13.8. The molecular weight excluding hydrogens is 356 g/mol. The third-order valence-electron chi connectivity index (χ3n) is 3.73. The van der Waals surface area contributed by atoms with Gasteiger partial charge >= 0.3 is 0 Å². The minimum absolute atomic E-state index is 0.0401. The predicted octanol–water partition coefficient (Wildman–Crippen LogP) is 4.11. The number of aromatic nitrogens is 2. The Morgan fingerprint density at radius 2 is 1.92 bits per heavy atom. The quantitative estimate of drug-likeness (QED) is 0.430. The number of hydrogen-bond donors (Lipinski definition) is 1. The summed E-state index contributed by atoms with van der Waals surface area (Å²) in [5, 5.41) is 13.9. The fraction of sp³-hybridized carbons (Fsp3) is 0. The van der Waals surface area contributed by atoms with Gasteiger partial charge in [0.25, 0.3) is 11.6 Å². The second-order valence-electron chi connectivity index (χ2n) is 5.33. The van der Waals surface area contributed by atoms with Gasteiger partial charge < -0.3 is 9.73 Å². The van der Waals surface area contributed by atoms with E-state index in [1.54, 1.807) is 36.4 Å². The highest BCUT2D eigenvalue weighted by molar-refractivity contribution is 7.00. The van der Waals surface area contributed by atoms with Crippen molar-refractivity contribution in [1.29, 1.82) is 0 Å². The number of nitro groups is 1. The van der Waals surface area contributed by atoms with E-state index < -0.39 is 10.8 Å². The number of carbonyl (C=O) groups excluding carboxylic acids is 1. The highest BCUT2D eigenvalue weighted by atomic mass is 32.1. The Hall–Kier alpha value is -3.59. The van der Waals surface area contributed by atoms with E-state index in [9.17, 15) is 14.9 Å². The first kappa shape index (κ1) is 15.9. The zero-order valence-corrected chi connectivity index (χ0v) is 13.9. The molecule has 0 fully saturated rings. The van der Waals surface area contributed by atoms with Crippen LogP contribution in [0, 0.1) is 10.1 Å². The molecule has 26 heavy (non-hydrogen) atoms. The fourth-order valence-corrected chi connectivity index (χ4v) is 3.09. The average molecular weight is 366 g/mol. The van der Waals surface area contributed by atoms with Crippen molar-refractivity contribution in [3.05, 3.63) is 70.5 Å². The van der Waals surface area contributed by atoms with E-state index in [-0.39, 0.29) is 17.2 Å². The van der Waals surface area contributed by atoms with E-state index in [1.807, 2.05) is 0 Å². The lowest BCUT2D eigenvalue weighted by molar-refractivity contribution is -0.384. The molecule has 0 aliphatic heterocycles. The van der Waals surface area contributed by atoms with Gasteiger partial charge in [0.05, 0.1) is 27.9 Å². The van der Waals surface area contributed by atoms with Crippen LogP contribution in [-0.2, 0) is 0 Å². The van der Waals surface area contributed by atoms with E-state index in [4.69, 9.17) is 4.42 Å². The van der Waals surface area contributed by atoms with Crippen molar-refractivity contribution < 1.29 is 14.1 Å². The number of hydrogen-bond acceptors (Lipinski definition) is 7. The van der Waals surface area contributed by atoms with Gasteiger partial charge in [-0.15, -0.1) is 0 Å². The third-order valence-corrected chi connectivity index (χ3v) is 4.27. The molecule has 0 aliphatic rings. The SMILES string of the molecule is O=C(Nc1cccc2nsnc12)c1ccc(-c2ccccc2[N+](=O)[O-])o1. The van der Waals surface area contributed by atoms with Crippen molar-refractivity contribution >= 4 is 40.0 Å². The van der Waals surface area contributed by atoms with Crippen LogP contribution in [0.4, 0.5) is 11.4 Å². The topological polar surface area (TPSA) is 111 Å². The summed E-state index contributed by atoms with van der Waals surface area (Å²) in [5.41, 5.74) is 2.02. The molecule has 0 unspecified atom stereocenters. The zero-order valence-electron chi connectivity index (χ0n) is 13.1. The Balaban J connectivity index is 1.63. The van der Waals surface area contributed by atoms with Crippen LogP contribution in [0.25, 0.3) is 22.4 Å². The Bertz CT molecular complexity index is 1130. The number of carbonyl (C=O) groups is 1. The summed E-state index contributed by atoms with van der Waals surface area (Å²) in [6.07, 6.45) is 0. The van der Waals surface area contributed by atoms with E-state index in [0.717, 1.165) is 11.7 Å². The van der Waals surface area contributed by atoms with Crippen LogP contribution in [0.3, 0.4) is 0 Å². The Labute approximate surface area is 150 Å². The molecule has 0 radical (unpaired) electrons. The molecule has 0 atom stereocenters. The van der Waals surface area contributed by atoms with Crippen molar-refractivity contribution in [2.24, 2.45) is 0 Å². The number of anilines is 1. The lowest BCUT2D eigenvalue weighted by Crippen LogP contribution is -2.11. The molecule has 0 bridgehead atoms. The largest absolute Gasteiger partial charge is 0.451 e. The van der Waals surface area contributed by atoms with Crippen LogP contribution in [0.1, 0.15) is 10.6 Å². The van der Waals surface area contributed by atoms with Gasteiger partial charge in [-0.25, -0.2) is 0 Å². The van der Waals surface area contributed by atoms with Gasteiger partial charge in [0.15, 0.2) is 5.76 Å². The lowest BCUT2D eigenvalue weighted by Gasteiger charge is -2.03. The van der Waals surface area contributed by atoms with Crippen LogP contribution < -0.4 is 5.32 Å². The molecule has 1 amide bonds. The van der Waals surface area contributed by atoms with Crippen LogP contribution >= 0.6 is 11.7 Å². The lowest BCUT2D eigenvalue weighted by atomic mass is 10.1. The van der Waals surface area contributed by atoms with E-state index >= 15 is 0 Å². The number of nitro benzene ring substituents is 1. The summed E-state index contributed by atoms with van der Waals surface area (Å²) in [6.45, 7) is 0. The summed E-state index contributed by atoms with van der Waals surface area (Å²) in [6, 6.07) is 14.5. The highest BCUT2D eigenvalue weighted by Crippen LogP contribution is 2.31. The second-order valence-corrected chi connectivity index (χ2v) is 5.86. The molecule has 0 spiro atoms. The molecule has 8 nitrogen and oxygen atoms in total. The first-order valence-corrected chi connectivity index (χ1v) is 8.23. The average Bonchev–Trinajstić information content (AvgIpc) is 3.31. The predicted molar refractivity (Wildman–Crippen MR) is 96.2 cm³/mol. The summed E-state index contributed by atoms with van der Waals surface area (Å²) in [4.78, 5) is 23.1. The molecule has 2 aromatic heterocycles. The molecule has 1 N–H and O–H groups in total. The number of amides is 1. The van der Waals surface area contributed by atoms with Gasteiger partial charge in [0.1, 0.15) is 16.8 Å². The number of nitrogens with zero attached hydrogens (tertiary/aromatic N) is 3. The summed E-state index contributed by atoms with van der Waals surface area (Å²) in [7, 11) is 0. The van der Waals surface area contributed by atoms with Gasteiger partial charge in [-0.05, 0) is 30.3 Å². The standard InChI is InChI=1S/C17H10N4O4S/c22-17(18-11-5-3-6-12-16(11)20-26-19-12)15-9-8-14(25-15)10-4-1-2-7-13(10)21(23)24/h1-9H,(H,18,22). The number of para-hydroxylation sites is 1. The fourth-order valence-electron chi connectivity index (χ4n) is 2.54. The van der Waals surface area contributed by atoms with Gasteiger partial charge in [-0.3, -0.25) is 14.9 Å². The van der Waals surface area contributed by atoms with E-state index in [1.165, 1.54) is 18.2 Å². The van der Waals surface area contributed by atoms with Crippen molar-refractivity contribution in [3.63, 3.8) is 0 Å². The molecule has 0 saturated carbocycles. The zero-order chi connectivity index (χ0) is 18.1. The highest BCUT2D eigenvalue weighted by Gasteiger charge is 2.20. The van der Waals surface area contributed by atoms with Crippen molar-refractivity contribution in [3.8, 4) is 11.3 Å². The molecule has 0 saturated heterocycles. The monoisotopic (exact) mass is 366 g/mol. The smallest absolute Gasteiger partial charge is 0.291 e. The molecule has 2 aromatic carbocycles. The minimum atomic E-state index is -0.493. The Kier molecular flexibility index (Phi) is 3.90. The molecular formula is C17H10N4O4S. The normalized spacial score (nSPS) is 10.8. The first-order valence-electron chi connectivity index (χ1n) is 7.50. The second kappa shape index (κ2) is 6.37. The number of fused-ring (bicyclic) bond motifs is 1. The number of benzene rings is 2. The van der Waals surface area contributed by atoms with Gasteiger partial charge in [-0.1, -0.05) is 18.2 Å². The summed E-state index contributed by atoms with van der Waals surface area (Å²) in [5.74, 6) is -0.190. The van der Waals surface area contributed by atoms with E-state index in [0.29, 0.717) is 22.3 Å². The Morgan fingerprint density at radius 1 is 1.08 bits per heavy atom. The van der Waals surface area contributed by atoms with Crippen molar-refractivity contribution in [1.82, 2.24) is 8.75 Å². The molecule has 4 rings (SSSR count). The maximum atomic E-state index is 12.5. The van der Waals surface area contributed by atoms with Crippen LogP contribution in [0.15, 0.2) is 59.0 Å². The summed E-state index contributed by atoms with van der Waals surface area (Å²) >= 11 is 1.06. The molecule has 128 valence electrons. The Morgan fingerprint density at radius 3 is 2.77 bits per heavy atom. The van der Waals surface area contributed by atoms with Crippen LogP contribution in [0.5, 0.6) is 0 Å². The van der Waals surface area contributed by atoms with Gasteiger partial charge in [0.2, 0.25) is 0 Å². The van der Waals surface area contributed by atoms with Gasteiger partial charge in [-0.2, -0.15) is 8.75 Å². The number of furan rings is 1.